The van der Waals surface area contributed by atoms with E-state index in [9.17, 15) is 4.79 Å². The predicted octanol–water partition coefficient (Wildman–Crippen LogP) is 2.63. The van der Waals surface area contributed by atoms with Crippen LogP contribution in [-0.4, -0.2) is 46.2 Å². The minimum Gasteiger partial charge on any atom is -0.376 e. The number of carbonyl (C=O) groups is 1. The fourth-order valence-electron chi connectivity index (χ4n) is 3.43. The minimum atomic E-state index is -0.0803. The summed E-state index contributed by atoms with van der Waals surface area (Å²) >= 11 is 0. The van der Waals surface area contributed by atoms with E-state index >= 15 is 0 Å². The molecule has 4 rings (SSSR count). The molecule has 132 valence electrons. The molecule has 0 bridgehead atoms. The number of pyridine rings is 1. The summed E-state index contributed by atoms with van der Waals surface area (Å²) in [7, 11) is 0. The molecule has 0 unspecified atom stereocenters. The van der Waals surface area contributed by atoms with E-state index in [2.05, 4.69) is 10.1 Å². The van der Waals surface area contributed by atoms with Gasteiger partial charge in [0.2, 0.25) is 0 Å². The maximum Gasteiger partial charge on any atom is 0.276 e. The molecule has 1 saturated heterocycles. The smallest absolute Gasteiger partial charge is 0.276 e. The number of aromatic nitrogens is 2. The molecule has 1 aliphatic heterocycles. The van der Waals surface area contributed by atoms with Crippen molar-refractivity contribution in [3.8, 4) is 0 Å². The Hall–Kier alpha value is -2.21. The molecule has 0 spiro atoms. The molecule has 1 amide bonds. The van der Waals surface area contributed by atoms with E-state index in [1.54, 1.807) is 19.2 Å². The second kappa shape index (κ2) is 6.96. The Morgan fingerprint density at radius 1 is 1.40 bits per heavy atom. The van der Waals surface area contributed by atoms with E-state index < -0.39 is 0 Å². The Bertz CT molecular complexity index is 727. The van der Waals surface area contributed by atoms with E-state index in [0.717, 1.165) is 25.0 Å². The highest BCUT2D eigenvalue weighted by atomic mass is 16.5. The molecule has 0 radical (unpaired) electrons. The molecule has 2 aromatic rings. The van der Waals surface area contributed by atoms with Gasteiger partial charge >= 0.3 is 0 Å². The van der Waals surface area contributed by atoms with Gasteiger partial charge in [0.1, 0.15) is 5.76 Å². The van der Waals surface area contributed by atoms with Crippen molar-refractivity contribution in [2.24, 2.45) is 5.92 Å². The monoisotopic (exact) mass is 341 g/mol. The van der Waals surface area contributed by atoms with Crippen LogP contribution in [0.15, 0.2) is 35.1 Å². The Morgan fingerprint density at radius 2 is 2.28 bits per heavy atom. The lowest BCUT2D eigenvalue weighted by Crippen LogP contribution is -2.42. The number of hydrogen-bond acceptors (Lipinski definition) is 5. The van der Waals surface area contributed by atoms with Crippen molar-refractivity contribution >= 4 is 5.91 Å². The largest absolute Gasteiger partial charge is 0.376 e. The number of rotatable bonds is 6. The van der Waals surface area contributed by atoms with Crippen LogP contribution in [0.4, 0.5) is 0 Å². The number of likely N-dealkylation sites (tertiary alicyclic amines) is 1. The topological polar surface area (TPSA) is 68.5 Å². The molecular weight excluding hydrogens is 318 g/mol. The number of carbonyl (C=O) groups excluding carboxylic acids is 1. The highest BCUT2D eigenvalue weighted by molar-refractivity contribution is 5.92. The summed E-state index contributed by atoms with van der Waals surface area (Å²) < 4.78 is 11.2. The van der Waals surface area contributed by atoms with Gasteiger partial charge < -0.3 is 14.2 Å². The van der Waals surface area contributed by atoms with Crippen LogP contribution in [0.2, 0.25) is 0 Å². The molecule has 0 N–H and O–H groups in total. The second-order valence-electron chi connectivity index (χ2n) is 7.06. The van der Waals surface area contributed by atoms with Gasteiger partial charge in [-0.1, -0.05) is 11.2 Å². The molecule has 2 aromatic heterocycles. The summed E-state index contributed by atoms with van der Waals surface area (Å²) in [6.45, 7) is 3.28. The third-order valence-corrected chi connectivity index (χ3v) is 5.00. The van der Waals surface area contributed by atoms with Gasteiger partial charge in [0.15, 0.2) is 5.69 Å². The van der Waals surface area contributed by atoms with Gasteiger partial charge in [-0.25, -0.2) is 0 Å². The highest BCUT2D eigenvalue weighted by Gasteiger charge is 2.39. The molecule has 2 atom stereocenters. The van der Waals surface area contributed by atoms with Crippen molar-refractivity contribution in [2.45, 2.75) is 44.8 Å². The minimum absolute atomic E-state index is 0.00690. The Balaban J connectivity index is 1.52. The third-order valence-electron chi connectivity index (χ3n) is 5.00. The molecule has 3 heterocycles. The average Bonchev–Trinajstić information content (AvgIpc) is 3.23. The first-order valence-electron chi connectivity index (χ1n) is 8.95. The van der Waals surface area contributed by atoms with E-state index in [0.29, 0.717) is 23.9 Å². The van der Waals surface area contributed by atoms with Crippen LogP contribution < -0.4 is 0 Å². The van der Waals surface area contributed by atoms with E-state index in [1.807, 2.05) is 23.2 Å². The first-order valence-corrected chi connectivity index (χ1v) is 8.95. The lowest BCUT2D eigenvalue weighted by molar-refractivity contribution is 0.0197. The van der Waals surface area contributed by atoms with Crippen LogP contribution in [0.25, 0.3) is 0 Å². The molecule has 6 nitrogen and oxygen atoms in total. The molecule has 1 aliphatic carbocycles. The van der Waals surface area contributed by atoms with Gasteiger partial charge in [-0.2, -0.15) is 0 Å². The van der Waals surface area contributed by atoms with Crippen molar-refractivity contribution in [3.63, 3.8) is 0 Å². The molecule has 2 aliphatic rings. The van der Waals surface area contributed by atoms with Gasteiger partial charge in [0.25, 0.3) is 5.91 Å². The third kappa shape index (κ3) is 3.74. The molecule has 6 heteroatoms. The highest BCUT2D eigenvalue weighted by Crippen LogP contribution is 2.32. The summed E-state index contributed by atoms with van der Waals surface area (Å²) in [6, 6.07) is 5.68. The summed E-state index contributed by atoms with van der Waals surface area (Å²) in [5.41, 5.74) is 1.49. The number of ether oxygens (including phenoxy) is 1. The quantitative estimate of drug-likeness (QED) is 0.808. The normalized spacial score (nSPS) is 23.2. The van der Waals surface area contributed by atoms with E-state index in [-0.39, 0.29) is 18.1 Å². The first kappa shape index (κ1) is 16.3. The maximum absolute atomic E-state index is 12.9. The number of amides is 1. The Kier molecular flexibility index (Phi) is 4.53. The van der Waals surface area contributed by atoms with Gasteiger partial charge in [-0.05, 0) is 50.2 Å². The first-order chi connectivity index (χ1) is 12.2. The van der Waals surface area contributed by atoms with Crippen LogP contribution in [-0.2, 0) is 11.2 Å². The average molecular weight is 341 g/mol. The van der Waals surface area contributed by atoms with E-state index in [1.165, 1.54) is 12.8 Å². The van der Waals surface area contributed by atoms with Crippen molar-refractivity contribution < 1.29 is 14.1 Å². The summed E-state index contributed by atoms with van der Waals surface area (Å²) in [4.78, 5) is 19.0. The fraction of sp³-hybridized carbons (Fsp3) is 0.526. The second-order valence-corrected chi connectivity index (χ2v) is 7.06. The van der Waals surface area contributed by atoms with Crippen molar-refractivity contribution in [1.29, 1.82) is 0 Å². The van der Waals surface area contributed by atoms with Crippen molar-refractivity contribution in [3.05, 3.63) is 47.6 Å². The molecular formula is C19H23N3O3. The SMILES string of the molecule is Cc1cc(C(=O)N2CC[C@H](OCC3CC3)[C@@H]2Cc2cccnc2)no1. The van der Waals surface area contributed by atoms with Crippen molar-refractivity contribution in [2.75, 3.05) is 13.2 Å². The maximum atomic E-state index is 12.9. The summed E-state index contributed by atoms with van der Waals surface area (Å²) in [6.07, 6.45) is 7.82. The van der Waals surface area contributed by atoms with E-state index in [4.69, 9.17) is 9.26 Å². The van der Waals surface area contributed by atoms with Crippen molar-refractivity contribution in [1.82, 2.24) is 15.0 Å². The Labute approximate surface area is 147 Å². The molecule has 25 heavy (non-hydrogen) atoms. The molecule has 1 saturated carbocycles. The zero-order valence-electron chi connectivity index (χ0n) is 14.4. The predicted molar refractivity (Wildman–Crippen MR) is 91.1 cm³/mol. The number of aryl methyl sites for hydroxylation is 1. The Morgan fingerprint density at radius 3 is 2.96 bits per heavy atom. The zero-order valence-corrected chi connectivity index (χ0v) is 14.4. The van der Waals surface area contributed by atoms with Crippen LogP contribution in [0.1, 0.15) is 41.1 Å². The zero-order chi connectivity index (χ0) is 17.2. The number of nitrogens with zero attached hydrogens (tertiary/aromatic N) is 3. The van der Waals surface area contributed by atoms with Crippen LogP contribution >= 0.6 is 0 Å². The van der Waals surface area contributed by atoms with Gasteiger partial charge in [-0.15, -0.1) is 0 Å². The van der Waals surface area contributed by atoms with Crippen LogP contribution in [0.5, 0.6) is 0 Å². The molecule has 0 aromatic carbocycles. The van der Waals surface area contributed by atoms with Gasteiger partial charge in [-0.3, -0.25) is 9.78 Å². The molecule has 2 fully saturated rings. The number of hydrogen-bond donors (Lipinski definition) is 0. The lowest BCUT2D eigenvalue weighted by atomic mass is 10.0. The van der Waals surface area contributed by atoms with Crippen LogP contribution in [0, 0.1) is 12.8 Å². The fourth-order valence-corrected chi connectivity index (χ4v) is 3.43. The van der Waals surface area contributed by atoms with Gasteiger partial charge in [0, 0.05) is 31.6 Å². The standard InChI is InChI=1S/C19H23N3O3/c1-13-9-16(21-25-13)19(23)22-8-6-18(24-12-14-4-5-14)17(22)10-15-3-2-7-20-11-15/h2-3,7,9,11,14,17-18H,4-6,8,10,12H2,1H3/t17-,18-/m0/s1. The van der Waals surface area contributed by atoms with Gasteiger partial charge in [0.05, 0.1) is 12.1 Å². The summed E-state index contributed by atoms with van der Waals surface area (Å²) in [5.74, 6) is 1.28. The summed E-state index contributed by atoms with van der Waals surface area (Å²) in [5, 5.41) is 3.89. The lowest BCUT2D eigenvalue weighted by Gasteiger charge is -2.28. The van der Waals surface area contributed by atoms with Crippen LogP contribution in [0.3, 0.4) is 0 Å².